The van der Waals surface area contributed by atoms with Crippen LogP contribution in [-0.2, 0) is 4.79 Å². The van der Waals surface area contributed by atoms with E-state index in [1.54, 1.807) is 18.2 Å². The molecule has 5 nitrogen and oxygen atoms in total. The molecular formula is C18H16N2O3. The second kappa shape index (κ2) is 5.43. The van der Waals surface area contributed by atoms with Crippen molar-refractivity contribution in [3.8, 4) is 0 Å². The van der Waals surface area contributed by atoms with Gasteiger partial charge in [-0.3, -0.25) is 9.78 Å². The van der Waals surface area contributed by atoms with Gasteiger partial charge in [-0.05, 0) is 42.5 Å². The summed E-state index contributed by atoms with van der Waals surface area (Å²) in [6.07, 6.45) is 2.17. The predicted octanol–water partition coefficient (Wildman–Crippen LogP) is 3.25. The number of hydrogen-bond acceptors (Lipinski definition) is 3. The summed E-state index contributed by atoms with van der Waals surface area (Å²) in [5, 5.41) is 2.96. The second-order valence-corrected chi connectivity index (χ2v) is 5.94. The molecule has 1 unspecified atom stereocenters. The van der Waals surface area contributed by atoms with Gasteiger partial charge in [-0.2, -0.15) is 0 Å². The maximum atomic E-state index is 12.7. The van der Waals surface area contributed by atoms with E-state index in [9.17, 15) is 9.59 Å². The minimum Gasteiger partial charge on any atom is -0.408 e. The molecule has 0 aliphatic heterocycles. The van der Waals surface area contributed by atoms with Gasteiger partial charge < -0.3 is 9.73 Å². The number of fused-ring (bicyclic) bond motifs is 1. The Labute approximate surface area is 132 Å². The Kier molecular flexibility index (Phi) is 3.26. The van der Waals surface area contributed by atoms with Gasteiger partial charge in [0.1, 0.15) is 0 Å². The van der Waals surface area contributed by atoms with Crippen LogP contribution in [0.4, 0.5) is 5.69 Å². The topological polar surface area (TPSA) is 75.1 Å². The molecule has 0 bridgehead atoms. The largest absolute Gasteiger partial charge is 0.417 e. The van der Waals surface area contributed by atoms with Crippen molar-refractivity contribution in [1.29, 1.82) is 0 Å². The number of rotatable bonds is 4. The highest BCUT2D eigenvalue weighted by atomic mass is 16.4. The number of benzene rings is 2. The lowest BCUT2D eigenvalue weighted by atomic mass is 9.93. The molecule has 116 valence electrons. The fourth-order valence-corrected chi connectivity index (χ4v) is 2.98. The molecule has 1 aliphatic carbocycles. The van der Waals surface area contributed by atoms with Crippen LogP contribution in [0.3, 0.4) is 0 Å². The molecular weight excluding hydrogens is 292 g/mol. The Hall–Kier alpha value is -2.82. The van der Waals surface area contributed by atoms with Crippen molar-refractivity contribution in [2.45, 2.75) is 18.8 Å². The number of nitrogens with one attached hydrogen (secondary N) is 2. The Morgan fingerprint density at radius 2 is 1.96 bits per heavy atom. The summed E-state index contributed by atoms with van der Waals surface area (Å²) >= 11 is 0. The first kappa shape index (κ1) is 13.8. The van der Waals surface area contributed by atoms with Crippen LogP contribution >= 0.6 is 0 Å². The standard InChI is InChI=1S/C18H16N2O3/c21-17(16(12-6-7-12)11-4-2-1-3-5-11)19-13-8-9-15-14(10-13)20-18(22)23-15/h1-5,8-10,12,16H,6-7H2,(H,19,21)(H,20,22). The lowest BCUT2D eigenvalue weighted by Gasteiger charge is -2.16. The fourth-order valence-electron chi connectivity index (χ4n) is 2.98. The van der Waals surface area contributed by atoms with E-state index in [2.05, 4.69) is 10.3 Å². The van der Waals surface area contributed by atoms with Crippen LogP contribution in [0.1, 0.15) is 24.3 Å². The zero-order chi connectivity index (χ0) is 15.8. The summed E-state index contributed by atoms with van der Waals surface area (Å²) in [4.78, 5) is 26.5. The molecule has 2 aromatic carbocycles. The maximum Gasteiger partial charge on any atom is 0.417 e. The summed E-state index contributed by atoms with van der Waals surface area (Å²) in [5.74, 6) is -0.224. The monoisotopic (exact) mass is 308 g/mol. The van der Waals surface area contributed by atoms with E-state index in [4.69, 9.17) is 4.42 Å². The number of aromatic nitrogens is 1. The van der Waals surface area contributed by atoms with Gasteiger partial charge in [-0.25, -0.2) is 4.79 Å². The van der Waals surface area contributed by atoms with Crippen molar-refractivity contribution in [3.63, 3.8) is 0 Å². The predicted molar refractivity (Wildman–Crippen MR) is 87.4 cm³/mol. The van der Waals surface area contributed by atoms with E-state index in [1.807, 2.05) is 30.3 Å². The fraction of sp³-hybridized carbons (Fsp3) is 0.222. The average Bonchev–Trinajstić information content (AvgIpc) is 3.29. The van der Waals surface area contributed by atoms with Crippen LogP contribution in [0.2, 0.25) is 0 Å². The van der Waals surface area contributed by atoms with E-state index >= 15 is 0 Å². The Balaban J connectivity index is 1.60. The summed E-state index contributed by atoms with van der Waals surface area (Å²) in [5.41, 5.74) is 2.76. The number of amides is 1. The molecule has 3 aromatic rings. The summed E-state index contributed by atoms with van der Waals surface area (Å²) in [6.45, 7) is 0. The number of anilines is 1. The van der Waals surface area contributed by atoms with Gasteiger partial charge in [-0.1, -0.05) is 30.3 Å². The quantitative estimate of drug-likeness (QED) is 0.777. The highest BCUT2D eigenvalue weighted by Crippen LogP contribution is 2.43. The number of oxazole rings is 1. The van der Waals surface area contributed by atoms with E-state index < -0.39 is 5.76 Å². The van der Waals surface area contributed by atoms with Crippen LogP contribution in [0, 0.1) is 5.92 Å². The molecule has 1 amide bonds. The van der Waals surface area contributed by atoms with Gasteiger partial charge in [-0.15, -0.1) is 0 Å². The molecule has 23 heavy (non-hydrogen) atoms. The number of aromatic amines is 1. The lowest BCUT2D eigenvalue weighted by Crippen LogP contribution is -2.22. The van der Waals surface area contributed by atoms with Gasteiger partial charge >= 0.3 is 5.76 Å². The van der Waals surface area contributed by atoms with Crippen molar-refractivity contribution >= 4 is 22.7 Å². The van der Waals surface area contributed by atoms with E-state index in [-0.39, 0.29) is 11.8 Å². The third kappa shape index (κ3) is 2.77. The molecule has 2 N–H and O–H groups in total. The molecule has 1 aliphatic rings. The van der Waals surface area contributed by atoms with Crippen molar-refractivity contribution in [2.24, 2.45) is 5.92 Å². The number of carbonyl (C=O) groups is 1. The van der Waals surface area contributed by atoms with Crippen LogP contribution in [-0.4, -0.2) is 10.9 Å². The minimum absolute atomic E-state index is 0.0103. The Bertz CT molecular complexity index is 907. The molecule has 1 saturated carbocycles. The maximum absolute atomic E-state index is 12.7. The van der Waals surface area contributed by atoms with Crippen LogP contribution in [0.5, 0.6) is 0 Å². The van der Waals surface area contributed by atoms with E-state index in [0.29, 0.717) is 22.7 Å². The Morgan fingerprint density at radius 3 is 2.70 bits per heavy atom. The van der Waals surface area contributed by atoms with E-state index in [1.165, 1.54) is 0 Å². The SMILES string of the molecule is O=C(Nc1ccc2oc(=O)[nH]c2c1)C(c1ccccc1)C1CC1. The summed E-state index contributed by atoms with van der Waals surface area (Å²) in [6, 6.07) is 15.0. The van der Waals surface area contributed by atoms with Crippen molar-refractivity contribution in [2.75, 3.05) is 5.32 Å². The third-order valence-electron chi connectivity index (χ3n) is 4.22. The normalized spacial score (nSPS) is 15.5. The summed E-state index contributed by atoms with van der Waals surface area (Å²) in [7, 11) is 0. The highest BCUT2D eigenvalue weighted by molar-refractivity contribution is 5.97. The van der Waals surface area contributed by atoms with Crippen molar-refractivity contribution in [3.05, 3.63) is 64.6 Å². The van der Waals surface area contributed by atoms with Gasteiger partial charge in [0.2, 0.25) is 5.91 Å². The number of carbonyl (C=O) groups excluding carboxylic acids is 1. The van der Waals surface area contributed by atoms with Gasteiger partial charge in [0.15, 0.2) is 5.58 Å². The first-order valence-electron chi connectivity index (χ1n) is 7.69. The first-order chi connectivity index (χ1) is 11.2. The molecule has 0 spiro atoms. The second-order valence-electron chi connectivity index (χ2n) is 5.94. The highest BCUT2D eigenvalue weighted by Gasteiger charge is 2.37. The number of H-pyrrole nitrogens is 1. The van der Waals surface area contributed by atoms with Gasteiger partial charge in [0, 0.05) is 5.69 Å². The molecule has 1 heterocycles. The molecule has 1 fully saturated rings. The summed E-state index contributed by atoms with van der Waals surface area (Å²) < 4.78 is 4.97. The zero-order valence-corrected chi connectivity index (χ0v) is 12.4. The number of hydrogen-bond donors (Lipinski definition) is 2. The van der Waals surface area contributed by atoms with E-state index in [0.717, 1.165) is 18.4 Å². The average molecular weight is 308 g/mol. The van der Waals surface area contributed by atoms with Crippen LogP contribution in [0.15, 0.2) is 57.7 Å². The van der Waals surface area contributed by atoms with Crippen LogP contribution < -0.4 is 11.1 Å². The molecule has 0 saturated heterocycles. The van der Waals surface area contributed by atoms with Gasteiger partial charge in [0.05, 0.1) is 11.4 Å². The Morgan fingerprint density at radius 1 is 1.17 bits per heavy atom. The third-order valence-corrected chi connectivity index (χ3v) is 4.22. The lowest BCUT2D eigenvalue weighted by molar-refractivity contribution is -0.118. The van der Waals surface area contributed by atoms with Crippen molar-refractivity contribution in [1.82, 2.24) is 4.98 Å². The van der Waals surface area contributed by atoms with Crippen molar-refractivity contribution < 1.29 is 9.21 Å². The van der Waals surface area contributed by atoms with Crippen LogP contribution in [0.25, 0.3) is 11.1 Å². The minimum atomic E-state index is -0.497. The molecule has 1 aromatic heterocycles. The smallest absolute Gasteiger partial charge is 0.408 e. The molecule has 0 radical (unpaired) electrons. The zero-order valence-electron chi connectivity index (χ0n) is 12.4. The molecule has 5 heteroatoms. The first-order valence-corrected chi connectivity index (χ1v) is 7.69. The molecule has 1 atom stereocenters. The molecule has 4 rings (SSSR count). The van der Waals surface area contributed by atoms with Gasteiger partial charge in [0.25, 0.3) is 0 Å².